The third-order valence-corrected chi connectivity index (χ3v) is 4.69. The van der Waals surface area contributed by atoms with E-state index in [1.54, 1.807) is 12.1 Å². The second-order valence-corrected chi connectivity index (χ2v) is 6.76. The highest BCUT2D eigenvalue weighted by molar-refractivity contribution is 6.35. The second-order valence-electron chi connectivity index (χ2n) is 5.92. The Morgan fingerprint density at radius 3 is 2.33 bits per heavy atom. The van der Waals surface area contributed by atoms with Gasteiger partial charge in [-0.15, -0.1) is 0 Å². The summed E-state index contributed by atoms with van der Waals surface area (Å²) in [6.45, 7) is 6.22. The minimum Gasteiger partial charge on any atom is -0.331 e. The van der Waals surface area contributed by atoms with E-state index in [0.717, 1.165) is 17.7 Å². The maximum Gasteiger partial charge on any atom is 0.319 e. The molecule has 0 radical (unpaired) electrons. The fraction of sp³-hybridized carbons (Fsp3) is 0.316. The maximum absolute atomic E-state index is 12.2. The lowest BCUT2D eigenvalue weighted by molar-refractivity contribution is 0.249. The molecule has 2 aromatic carbocycles. The van der Waals surface area contributed by atoms with Gasteiger partial charge in [-0.05, 0) is 54.7 Å². The zero-order chi connectivity index (χ0) is 17.7. The topological polar surface area (TPSA) is 41.1 Å². The number of nitrogens with one attached hydrogen (secondary N) is 2. The van der Waals surface area contributed by atoms with Gasteiger partial charge in [-0.1, -0.05) is 55.2 Å². The molecule has 2 atom stereocenters. The van der Waals surface area contributed by atoms with E-state index >= 15 is 0 Å². The van der Waals surface area contributed by atoms with Gasteiger partial charge in [-0.3, -0.25) is 0 Å². The van der Waals surface area contributed by atoms with Crippen molar-refractivity contribution in [2.24, 2.45) is 0 Å². The molecular weight excluding hydrogens is 343 g/mol. The zero-order valence-electron chi connectivity index (χ0n) is 14.1. The molecule has 3 nitrogen and oxygen atoms in total. The number of amides is 2. The average molecular weight is 365 g/mol. The molecular formula is C19H22Cl2N2O. The highest BCUT2D eigenvalue weighted by Gasteiger charge is 2.13. The third kappa shape index (κ3) is 4.89. The summed E-state index contributed by atoms with van der Waals surface area (Å²) in [5.41, 5.74) is 2.85. The quantitative estimate of drug-likeness (QED) is 0.633. The van der Waals surface area contributed by atoms with E-state index in [4.69, 9.17) is 23.2 Å². The van der Waals surface area contributed by atoms with Crippen molar-refractivity contribution in [3.8, 4) is 0 Å². The van der Waals surface area contributed by atoms with Gasteiger partial charge in [0.15, 0.2) is 0 Å². The van der Waals surface area contributed by atoms with Crippen molar-refractivity contribution in [1.82, 2.24) is 5.32 Å². The lowest BCUT2D eigenvalue weighted by Crippen LogP contribution is -2.31. The van der Waals surface area contributed by atoms with Gasteiger partial charge in [0.1, 0.15) is 0 Å². The molecule has 2 rings (SSSR count). The molecule has 2 aromatic rings. The van der Waals surface area contributed by atoms with Gasteiger partial charge in [-0.2, -0.15) is 0 Å². The molecule has 0 aliphatic heterocycles. The summed E-state index contributed by atoms with van der Waals surface area (Å²) in [5.74, 6) is 0.514. The van der Waals surface area contributed by atoms with Crippen molar-refractivity contribution in [2.45, 2.75) is 39.2 Å². The molecule has 0 fully saturated rings. The molecule has 2 amide bonds. The van der Waals surface area contributed by atoms with Gasteiger partial charge in [0.05, 0.1) is 6.04 Å². The molecule has 0 saturated carbocycles. The number of hydrogen-bond acceptors (Lipinski definition) is 1. The SMILES string of the molecule is CC[C@@H](C)c1ccc(NC(=O)N[C@@H](C)c2ccc(Cl)cc2Cl)cc1. The molecule has 0 aliphatic carbocycles. The van der Waals surface area contributed by atoms with Gasteiger partial charge < -0.3 is 10.6 Å². The molecule has 128 valence electrons. The number of anilines is 1. The van der Waals surface area contributed by atoms with Crippen molar-refractivity contribution in [1.29, 1.82) is 0 Å². The number of urea groups is 1. The van der Waals surface area contributed by atoms with Crippen LogP contribution in [0.25, 0.3) is 0 Å². The molecule has 24 heavy (non-hydrogen) atoms. The molecule has 0 spiro atoms. The predicted octanol–water partition coefficient (Wildman–Crippen LogP) is 6.39. The van der Waals surface area contributed by atoms with Gasteiger partial charge >= 0.3 is 6.03 Å². The van der Waals surface area contributed by atoms with Crippen LogP contribution < -0.4 is 10.6 Å². The van der Waals surface area contributed by atoms with Crippen LogP contribution in [0.15, 0.2) is 42.5 Å². The van der Waals surface area contributed by atoms with Crippen LogP contribution in [0.2, 0.25) is 10.0 Å². The number of halogens is 2. The monoisotopic (exact) mass is 364 g/mol. The van der Waals surface area contributed by atoms with Crippen molar-refractivity contribution in [3.05, 3.63) is 63.6 Å². The van der Waals surface area contributed by atoms with E-state index in [2.05, 4.69) is 24.5 Å². The number of carbonyl (C=O) groups is 1. The van der Waals surface area contributed by atoms with E-state index in [1.807, 2.05) is 37.3 Å². The van der Waals surface area contributed by atoms with Crippen LogP contribution in [0.4, 0.5) is 10.5 Å². The van der Waals surface area contributed by atoms with Crippen LogP contribution >= 0.6 is 23.2 Å². The maximum atomic E-state index is 12.2. The van der Waals surface area contributed by atoms with Crippen LogP contribution in [-0.4, -0.2) is 6.03 Å². The van der Waals surface area contributed by atoms with E-state index in [-0.39, 0.29) is 12.1 Å². The Balaban J connectivity index is 1.97. The van der Waals surface area contributed by atoms with Gasteiger partial charge in [0.25, 0.3) is 0 Å². The fourth-order valence-corrected chi connectivity index (χ4v) is 3.00. The molecule has 0 saturated heterocycles. The second kappa shape index (κ2) is 8.41. The summed E-state index contributed by atoms with van der Waals surface area (Å²) in [7, 11) is 0. The van der Waals surface area contributed by atoms with Crippen LogP contribution in [0, 0.1) is 0 Å². The Bertz CT molecular complexity index is 701. The molecule has 0 aliphatic rings. The Kier molecular flexibility index (Phi) is 6.52. The predicted molar refractivity (Wildman–Crippen MR) is 102 cm³/mol. The molecule has 0 bridgehead atoms. The summed E-state index contributed by atoms with van der Waals surface area (Å²) in [6, 6.07) is 12.7. The minimum atomic E-state index is -0.273. The van der Waals surface area contributed by atoms with Crippen molar-refractivity contribution in [3.63, 3.8) is 0 Å². The summed E-state index contributed by atoms with van der Waals surface area (Å²) in [5, 5.41) is 6.82. The number of carbonyl (C=O) groups excluding carboxylic acids is 1. The largest absolute Gasteiger partial charge is 0.331 e. The Morgan fingerprint density at radius 1 is 1.08 bits per heavy atom. The fourth-order valence-electron chi connectivity index (χ4n) is 2.42. The summed E-state index contributed by atoms with van der Waals surface area (Å²) < 4.78 is 0. The Morgan fingerprint density at radius 2 is 1.75 bits per heavy atom. The van der Waals surface area contributed by atoms with E-state index in [9.17, 15) is 4.79 Å². The van der Waals surface area contributed by atoms with Crippen molar-refractivity contribution < 1.29 is 4.79 Å². The van der Waals surface area contributed by atoms with Gasteiger partial charge in [0, 0.05) is 15.7 Å². The first-order valence-electron chi connectivity index (χ1n) is 8.03. The molecule has 0 unspecified atom stereocenters. The number of benzene rings is 2. The van der Waals surface area contributed by atoms with Crippen molar-refractivity contribution in [2.75, 3.05) is 5.32 Å². The van der Waals surface area contributed by atoms with Gasteiger partial charge in [-0.25, -0.2) is 4.79 Å². The first kappa shape index (κ1) is 18.6. The van der Waals surface area contributed by atoms with Crippen LogP contribution in [0.1, 0.15) is 50.3 Å². The van der Waals surface area contributed by atoms with Crippen LogP contribution in [-0.2, 0) is 0 Å². The van der Waals surface area contributed by atoms with Crippen LogP contribution in [0.5, 0.6) is 0 Å². The lowest BCUT2D eigenvalue weighted by atomic mass is 9.99. The minimum absolute atomic E-state index is 0.228. The van der Waals surface area contributed by atoms with Crippen molar-refractivity contribution >= 4 is 34.9 Å². The lowest BCUT2D eigenvalue weighted by Gasteiger charge is -2.17. The Labute approximate surface area is 153 Å². The average Bonchev–Trinajstić information content (AvgIpc) is 2.54. The molecule has 0 aromatic heterocycles. The molecule has 5 heteroatoms. The van der Waals surface area contributed by atoms with E-state index in [1.165, 1.54) is 5.56 Å². The normalized spacial score (nSPS) is 13.2. The number of rotatable bonds is 5. The summed E-state index contributed by atoms with van der Waals surface area (Å²) in [6.07, 6.45) is 1.09. The first-order valence-corrected chi connectivity index (χ1v) is 8.78. The standard InChI is InChI=1S/C19H22Cl2N2O/c1-4-12(2)14-5-8-16(9-6-14)23-19(24)22-13(3)17-10-7-15(20)11-18(17)21/h5-13H,4H2,1-3H3,(H2,22,23,24)/t12-,13+/m1/s1. The molecule has 2 N–H and O–H groups in total. The summed E-state index contributed by atoms with van der Waals surface area (Å²) in [4.78, 5) is 12.2. The highest BCUT2D eigenvalue weighted by atomic mass is 35.5. The van der Waals surface area contributed by atoms with E-state index < -0.39 is 0 Å². The number of hydrogen-bond donors (Lipinski definition) is 2. The molecule has 0 heterocycles. The smallest absolute Gasteiger partial charge is 0.319 e. The Hall–Kier alpha value is -1.71. The summed E-state index contributed by atoms with van der Waals surface area (Å²) >= 11 is 12.1. The zero-order valence-corrected chi connectivity index (χ0v) is 15.6. The van der Waals surface area contributed by atoms with E-state index in [0.29, 0.717) is 16.0 Å². The third-order valence-electron chi connectivity index (χ3n) is 4.13. The first-order chi connectivity index (χ1) is 11.4. The van der Waals surface area contributed by atoms with Gasteiger partial charge in [0.2, 0.25) is 0 Å². The van der Waals surface area contributed by atoms with Crippen LogP contribution in [0.3, 0.4) is 0 Å². The highest BCUT2D eigenvalue weighted by Crippen LogP contribution is 2.26.